The number of hydrogen-bond donors (Lipinski definition) is 2. The van der Waals surface area contributed by atoms with Gasteiger partial charge >= 0.3 is 0 Å². The van der Waals surface area contributed by atoms with E-state index in [0.29, 0.717) is 6.42 Å². The van der Waals surface area contributed by atoms with Crippen molar-refractivity contribution in [2.24, 2.45) is 0 Å². The maximum absolute atomic E-state index is 14.1. The molecule has 208 valence electrons. The summed E-state index contributed by atoms with van der Waals surface area (Å²) in [7, 11) is -3.92. The minimum absolute atomic E-state index is 0.182. The third kappa shape index (κ3) is 4.52. The average molecular weight is 557 g/mol. The predicted octanol–water partition coefficient (Wildman–Crippen LogP) is 3.83. The van der Waals surface area contributed by atoms with Gasteiger partial charge in [-0.1, -0.05) is 30.3 Å². The van der Waals surface area contributed by atoms with Gasteiger partial charge in [-0.05, 0) is 103 Å². The van der Waals surface area contributed by atoms with E-state index in [4.69, 9.17) is 0 Å². The number of fused-ring (bicyclic) bond motifs is 3. The third-order valence-corrected chi connectivity index (χ3v) is 11.0. The van der Waals surface area contributed by atoms with Crippen LogP contribution in [0.25, 0.3) is 0 Å². The van der Waals surface area contributed by atoms with E-state index in [9.17, 15) is 13.2 Å². The van der Waals surface area contributed by atoms with Crippen LogP contribution in [0.15, 0.2) is 59.5 Å². The summed E-state index contributed by atoms with van der Waals surface area (Å²) in [5.41, 5.74) is 9.17. The summed E-state index contributed by atoms with van der Waals surface area (Å²) >= 11 is 0. The smallest absolute Gasteiger partial charge is 0.244 e. The van der Waals surface area contributed by atoms with Gasteiger partial charge in [-0.25, -0.2) is 8.42 Å². The lowest BCUT2D eigenvalue weighted by Crippen LogP contribution is -2.50. The molecule has 3 aromatic carbocycles. The minimum Gasteiger partial charge on any atom is -0.369 e. The van der Waals surface area contributed by atoms with Crippen LogP contribution >= 0.6 is 0 Å². The molecular weight excluding hydrogens is 520 g/mol. The molecule has 2 aliphatic carbocycles. The number of hydrogen-bond acceptors (Lipinski definition) is 5. The highest BCUT2D eigenvalue weighted by Gasteiger charge is 2.40. The molecule has 7 rings (SSSR count). The van der Waals surface area contributed by atoms with Crippen LogP contribution in [0.5, 0.6) is 0 Å². The highest BCUT2D eigenvalue weighted by Crippen LogP contribution is 2.39. The second-order valence-electron chi connectivity index (χ2n) is 11.5. The van der Waals surface area contributed by atoms with Crippen LogP contribution in [-0.2, 0) is 53.5 Å². The van der Waals surface area contributed by atoms with E-state index in [1.165, 1.54) is 26.6 Å². The molecule has 8 heteroatoms. The summed E-state index contributed by atoms with van der Waals surface area (Å²) in [4.78, 5) is 16.6. The third-order valence-electron chi connectivity index (χ3n) is 9.15. The number of rotatable bonds is 5. The normalized spacial score (nSPS) is 20.6. The predicted molar refractivity (Wildman–Crippen MR) is 157 cm³/mol. The van der Waals surface area contributed by atoms with E-state index >= 15 is 0 Å². The Bertz CT molecular complexity index is 1530. The molecule has 0 spiro atoms. The summed E-state index contributed by atoms with van der Waals surface area (Å²) in [6.45, 7) is 3.80. The molecule has 40 heavy (non-hydrogen) atoms. The molecule has 0 radical (unpaired) electrons. The Morgan fingerprint density at radius 2 is 1.48 bits per heavy atom. The van der Waals surface area contributed by atoms with Gasteiger partial charge in [0, 0.05) is 44.1 Å². The van der Waals surface area contributed by atoms with Crippen molar-refractivity contribution in [3.63, 3.8) is 0 Å². The maximum atomic E-state index is 14.1. The van der Waals surface area contributed by atoms with Gasteiger partial charge in [0.1, 0.15) is 6.04 Å². The van der Waals surface area contributed by atoms with Crippen molar-refractivity contribution >= 4 is 27.3 Å². The lowest BCUT2D eigenvalue weighted by atomic mass is 9.94. The zero-order valence-corrected chi connectivity index (χ0v) is 23.6. The first-order valence-electron chi connectivity index (χ1n) is 14.6. The van der Waals surface area contributed by atoms with Crippen LogP contribution in [0.1, 0.15) is 46.2 Å². The standard InChI is InChI=1S/C32H36N4O3S/c37-32(34-31-28-9-3-7-23(28)19-24-8-4-10-29(24)31)30-20-22-5-1-2-6-25(22)21-36(30)40(38,39)27-13-11-26(12-14-27)35-17-15-33-16-18-35/h1-2,5-6,11-14,19,30,33H,3-4,7-10,15-18,20-21H2,(H,34,37)/t30-/m0/s1. The quantitative estimate of drug-likeness (QED) is 0.499. The van der Waals surface area contributed by atoms with E-state index in [1.54, 1.807) is 12.1 Å². The van der Waals surface area contributed by atoms with Gasteiger partial charge in [-0.3, -0.25) is 4.79 Å². The second kappa shape index (κ2) is 10.3. The maximum Gasteiger partial charge on any atom is 0.244 e. The van der Waals surface area contributed by atoms with Crippen molar-refractivity contribution in [2.45, 2.75) is 62.4 Å². The number of carbonyl (C=O) groups is 1. The highest BCUT2D eigenvalue weighted by atomic mass is 32.2. The Morgan fingerprint density at radius 1 is 0.825 bits per heavy atom. The molecule has 2 N–H and O–H groups in total. The lowest BCUT2D eigenvalue weighted by molar-refractivity contribution is -0.120. The van der Waals surface area contributed by atoms with Crippen molar-refractivity contribution in [2.75, 3.05) is 36.4 Å². The summed E-state index contributed by atoms with van der Waals surface area (Å²) in [6, 6.07) is 16.6. The van der Waals surface area contributed by atoms with Crippen LogP contribution in [-0.4, -0.2) is 50.9 Å². The van der Waals surface area contributed by atoms with Crippen LogP contribution < -0.4 is 15.5 Å². The summed E-state index contributed by atoms with van der Waals surface area (Å²) in [5.74, 6) is -0.232. The van der Waals surface area contributed by atoms with Crippen LogP contribution in [0.3, 0.4) is 0 Å². The molecule has 0 saturated carbocycles. The molecule has 1 saturated heterocycles. The molecule has 4 aliphatic rings. The Kier molecular flexibility index (Phi) is 6.65. The monoisotopic (exact) mass is 556 g/mol. The van der Waals surface area contributed by atoms with Gasteiger partial charge < -0.3 is 15.5 Å². The number of benzene rings is 3. The molecule has 2 aliphatic heterocycles. The van der Waals surface area contributed by atoms with Crippen LogP contribution in [0.2, 0.25) is 0 Å². The average Bonchev–Trinajstić information content (AvgIpc) is 3.66. The van der Waals surface area contributed by atoms with Gasteiger partial charge in [-0.15, -0.1) is 0 Å². The molecule has 7 nitrogen and oxygen atoms in total. The number of carbonyl (C=O) groups excluding carboxylic acids is 1. The molecule has 0 aromatic heterocycles. The van der Waals surface area contributed by atoms with E-state index in [-0.39, 0.29) is 17.3 Å². The fourth-order valence-electron chi connectivity index (χ4n) is 7.04. The van der Waals surface area contributed by atoms with Crippen LogP contribution in [0, 0.1) is 0 Å². The van der Waals surface area contributed by atoms with Gasteiger partial charge in [0.05, 0.1) is 4.90 Å². The first kappa shape index (κ1) is 25.7. The van der Waals surface area contributed by atoms with E-state index in [2.05, 4.69) is 21.6 Å². The number of nitrogens with one attached hydrogen (secondary N) is 2. The van der Waals surface area contributed by atoms with Crippen molar-refractivity contribution in [3.8, 4) is 0 Å². The first-order chi connectivity index (χ1) is 19.5. The SMILES string of the molecule is O=C(Nc1c2c(cc3c1CCC3)CCC2)[C@@H]1Cc2ccccc2CN1S(=O)(=O)c1ccc(N2CCNCC2)cc1. The van der Waals surface area contributed by atoms with Crippen molar-refractivity contribution in [1.82, 2.24) is 9.62 Å². The summed E-state index contributed by atoms with van der Waals surface area (Å²) in [5, 5.41) is 6.64. The number of piperazine rings is 1. The molecule has 0 unspecified atom stereocenters. The Balaban J connectivity index is 1.22. The van der Waals surface area contributed by atoms with Crippen LogP contribution in [0.4, 0.5) is 11.4 Å². The zero-order valence-electron chi connectivity index (χ0n) is 22.8. The Morgan fingerprint density at radius 3 is 2.15 bits per heavy atom. The van der Waals surface area contributed by atoms with E-state index in [1.807, 2.05) is 36.4 Å². The number of anilines is 2. The summed E-state index contributed by atoms with van der Waals surface area (Å²) in [6.07, 6.45) is 6.59. The van der Waals surface area contributed by atoms with Crippen molar-refractivity contribution in [3.05, 3.63) is 88.0 Å². The van der Waals surface area contributed by atoms with Crippen molar-refractivity contribution < 1.29 is 13.2 Å². The first-order valence-corrected chi connectivity index (χ1v) is 16.0. The van der Waals surface area contributed by atoms with E-state index < -0.39 is 16.1 Å². The second-order valence-corrected chi connectivity index (χ2v) is 13.4. The molecule has 3 aromatic rings. The van der Waals surface area contributed by atoms with Crippen molar-refractivity contribution in [1.29, 1.82) is 0 Å². The van der Waals surface area contributed by atoms with Gasteiger partial charge in [0.2, 0.25) is 15.9 Å². The number of sulfonamides is 1. The van der Waals surface area contributed by atoms with Gasteiger partial charge in [0.25, 0.3) is 0 Å². The molecule has 1 atom stereocenters. The number of aryl methyl sites for hydroxylation is 2. The molecule has 0 bridgehead atoms. The summed E-state index contributed by atoms with van der Waals surface area (Å²) < 4.78 is 29.7. The highest BCUT2D eigenvalue weighted by molar-refractivity contribution is 7.89. The number of nitrogens with zero attached hydrogens (tertiary/aromatic N) is 2. The number of amides is 1. The van der Waals surface area contributed by atoms with Gasteiger partial charge in [0.15, 0.2) is 0 Å². The minimum atomic E-state index is -3.92. The van der Waals surface area contributed by atoms with E-state index in [0.717, 1.165) is 87.2 Å². The lowest BCUT2D eigenvalue weighted by Gasteiger charge is -2.35. The largest absolute Gasteiger partial charge is 0.369 e. The molecular formula is C32H36N4O3S. The Hall–Kier alpha value is -3.20. The molecule has 1 fully saturated rings. The Labute approximate surface area is 236 Å². The molecule has 2 heterocycles. The molecule has 1 amide bonds. The zero-order chi connectivity index (χ0) is 27.3. The fourth-order valence-corrected chi connectivity index (χ4v) is 8.60. The topological polar surface area (TPSA) is 81.8 Å². The fraction of sp³-hybridized carbons (Fsp3) is 0.406. The van der Waals surface area contributed by atoms with Gasteiger partial charge in [-0.2, -0.15) is 4.31 Å².